The highest BCUT2D eigenvalue weighted by molar-refractivity contribution is 5.71. The van der Waals surface area contributed by atoms with Crippen LogP contribution in [0.3, 0.4) is 0 Å². The van der Waals surface area contributed by atoms with Crippen molar-refractivity contribution in [3.63, 3.8) is 0 Å². The molecule has 0 N–H and O–H groups in total. The van der Waals surface area contributed by atoms with Crippen LogP contribution >= 0.6 is 0 Å². The molecule has 0 fully saturated rings. The molecular formula is C56H84O6. The maximum atomic E-state index is 12.8. The number of esters is 3. The van der Waals surface area contributed by atoms with Gasteiger partial charge in [-0.05, 0) is 96.3 Å². The molecule has 0 saturated heterocycles. The first kappa shape index (κ1) is 57.3. The Bertz CT molecular complexity index is 1440. The fourth-order valence-electron chi connectivity index (χ4n) is 5.75. The largest absolute Gasteiger partial charge is 0.462 e. The third-order valence-electron chi connectivity index (χ3n) is 9.26. The molecule has 0 aromatic rings. The monoisotopic (exact) mass is 853 g/mol. The minimum absolute atomic E-state index is 0.124. The van der Waals surface area contributed by atoms with Crippen molar-refractivity contribution in [2.24, 2.45) is 0 Å². The van der Waals surface area contributed by atoms with Gasteiger partial charge < -0.3 is 14.2 Å². The lowest BCUT2D eigenvalue weighted by atomic mass is 10.1. The first-order valence-electron chi connectivity index (χ1n) is 23.9. The smallest absolute Gasteiger partial charge is 0.306 e. The second-order valence-corrected chi connectivity index (χ2v) is 15.1. The number of hydrogen-bond donors (Lipinski definition) is 0. The highest BCUT2D eigenvalue weighted by Crippen LogP contribution is 2.12. The van der Waals surface area contributed by atoms with Gasteiger partial charge in [-0.2, -0.15) is 0 Å². The molecule has 6 heteroatoms. The Hall–Kier alpha value is -4.71. The van der Waals surface area contributed by atoms with Crippen LogP contribution in [0.15, 0.2) is 146 Å². The van der Waals surface area contributed by atoms with E-state index in [-0.39, 0.29) is 37.5 Å². The van der Waals surface area contributed by atoms with Crippen molar-refractivity contribution in [2.45, 2.75) is 175 Å². The molecular weight excluding hydrogens is 769 g/mol. The van der Waals surface area contributed by atoms with Crippen molar-refractivity contribution in [1.82, 2.24) is 0 Å². The summed E-state index contributed by atoms with van der Waals surface area (Å²) in [4.78, 5) is 37.9. The van der Waals surface area contributed by atoms with Gasteiger partial charge in [-0.1, -0.05) is 199 Å². The standard InChI is InChI=1S/C56H84O6/c1-4-7-10-13-16-19-22-25-27-29-31-34-37-40-43-46-49-55(58)61-52-53(51-60-54(57)48-45-42-39-36-33-30-24-21-18-15-12-9-6-3)62-56(59)50-47-44-41-38-35-32-28-26-23-20-17-14-11-8-5-2/h7-12,14-21,23-28,30-31,33-34,53H,4-6,13,22,29,32,35-52H2,1-3H3/b10-7-,11-8-,12-9-,17-14-,18-15-,19-16-,23-20-,24-21-,27-25-,28-26-,33-30-,34-31-. The Kier molecular flexibility index (Phi) is 45.2. The normalized spacial score (nSPS) is 13.4. The number of unbranched alkanes of at least 4 members (excludes halogenated alkanes) is 11. The Morgan fingerprint density at radius 2 is 0.661 bits per heavy atom. The van der Waals surface area contributed by atoms with E-state index >= 15 is 0 Å². The molecule has 0 radical (unpaired) electrons. The first-order chi connectivity index (χ1) is 30.5. The molecule has 0 spiro atoms. The second-order valence-electron chi connectivity index (χ2n) is 15.1. The number of carbonyl (C=O) groups excluding carboxylic acids is 3. The van der Waals surface area contributed by atoms with Crippen LogP contribution in [0.5, 0.6) is 0 Å². The van der Waals surface area contributed by atoms with Gasteiger partial charge in [0.15, 0.2) is 6.10 Å². The Morgan fingerprint density at radius 1 is 0.339 bits per heavy atom. The van der Waals surface area contributed by atoms with Crippen LogP contribution in [-0.2, 0) is 28.6 Å². The van der Waals surface area contributed by atoms with Gasteiger partial charge in [0.25, 0.3) is 0 Å². The summed E-state index contributed by atoms with van der Waals surface area (Å²) in [6.07, 6.45) is 69.7. The Balaban J connectivity index is 4.59. The topological polar surface area (TPSA) is 78.9 Å². The van der Waals surface area contributed by atoms with E-state index < -0.39 is 6.10 Å². The average Bonchev–Trinajstić information content (AvgIpc) is 3.27. The number of ether oxygens (including phenoxy) is 3. The van der Waals surface area contributed by atoms with E-state index in [2.05, 4.69) is 106 Å². The minimum atomic E-state index is -0.826. The number of rotatable bonds is 40. The van der Waals surface area contributed by atoms with E-state index in [4.69, 9.17) is 14.2 Å². The minimum Gasteiger partial charge on any atom is -0.462 e. The van der Waals surface area contributed by atoms with Gasteiger partial charge in [0.1, 0.15) is 13.2 Å². The second kappa shape index (κ2) is 49.0. The van der Waals surface area contributed by atoms with Crippen molar-refractivity contribution in [1.29, 1.82) is 0 Å². The SMILES string of the molecule is CC\C=C/C=C\C=C/C=C\CCCCCCCC(=O)OC(COC(=O)CCCCC\C=C/C=C\C=C/C=C\CC)COC(=O)CCCCC/C=C\C/C=C\C/C=C\C/C=C\CC. The van der Waals surface area contributed by atoms with Gasteiger partial charge in [0.2, 0.25) is 0 Å². The van der Waals surface area contributed by atoms with Gasteiger partial charge in [-0.15, -0.1) is 0 Å². The predicted molar refractivity (Wildman–Crippen MR) is 265 cm³/mol. The maximum absolute atomic E-state index is 12.8. The van der Waals surface area contributed by atoms with Gasteiger partial charge >= 0.3 is 17.9 Å². The molecule has 0 saturated carbocycles. The molecule has 0 aliphatic carbocycles. The number of hydrogen-bond acceptors (Lipinski definition) is 6. The van der Waals surface area contributed by atoms with Crippen molar-refractivity contribution < 1.29 is 28.6 Å². The number of carbonyl (C=O) groups is 3. The van der Waals surface area contributed by atoms with E-state index in [9.17, 15) is 14.4 Å². The lowest BCUT2D eigenvalue weighted by Gasteiger charge is -2.18. The molecule has 1 unspecified atom stereocenters. The highest BCUT2D eigenvalue weighted by atomic mass is 16.6. The molecule has 6 nitrogen and oxygen atoms in total. The van der Waals surface area contributed by atoms with E-state index in [1.54, 1.807) is 0 Å². The van der Waals surface area contributed by atoms with Gasteiger partial charge in [-0.3, -0.25) is 14.4 Å². The van der Waals surface area contributed by atoms with Gasteiger partial charge in [-0.25, -0.2) is 0 Å². The van der Waals surface area contributed by atoms with Gasteiger partial charge in [0, 0.05) is 19.3 Å². The summed E-state index contributed by atoms with van der Waals surface area (Å²) in [6.45, 7) is 6.12. The van der Waals surface area contributed by atoms with Crippen LogP contribution in [0, 0.1) is 0 Å². The summed E-state index contributed by atoms with van der Waals surface area (Å²) < 4.78 is 16.7. The zero-order valence-electron chi connectivity index (χ0n) is 39.1. The Labute approximate surface area is 378 Å². The molecule has 62 heavy (non-hydrogen) atoms. The summed E-state index contributed by atoms with van der Waals surface area (Å²) in [5.74, 6) is -1.03. The molecule has 0 bridgehead atoms. The summed E-state index contributed by atoms with van der Waals surface area (Å²) in [7, 11) is 0. The summed E-state index contributed by atoms with van der Waals surface area (Å²) >= 11 is 0. The van der Waals surface area contributed by atoms with Crippen LogP contribution in [-0.4, -0.2) is 37.2 Å². The fraction of sp³-hybridized carbons (Fsp3) is 0.518. The molecule has 0 aromatic heterocycles. The van der Waals surface area contributed by atoms with Crippen molar-refractivity contribution in [3.8, 4) is 0 Å². The van der Waals surface area contributed by atoms with E-state index in [0.29, 0.717) is 12.8 Å². The molecule has 0 aliphatic rings. The van der Waals surface area contributed by atoms with Crippen LogP contribution in [0.4, 0.5) is 0 Å². The van der Waals surface area contributed by atoms with Crippen LogP contribution < -0.4 is 0 Å². The molecule has 344 valence electrons. The van der Waals surface area contributed by atoms with Gasteiger partial charge in [0.05, 0.1) is 0 Å². The van der Waals surface area contributed by atoms with Crippen molar-refractivity contribution >= 4 is 17.9 Å². The third kappa shape index (κ3) is 46.4. The van der Waals surface area contributed by atoms with Crippen LogP contribution in [0.1, 0.15) is 168 Å². The third-order valence-corrected chi connectivity index (χ3v) is 9.26. The van der Waals surface area contributed by atoms with Crippen LogP contribution in [0.2, 0.25) is 0 Å². The predicted octanol–water partition coefficient (Wildman–Crippen LogP) is 15.7. The molecule has 0 aromatic carbocycles. The maximum Gasteiger partial charge on any atom is 0.306 e. The van der Waals surface area contributed by atoms with E-state index in [1.807, 2.05) is 60.8 Å². The molecule has 0 rings (SSSR count). The lowest BCUT2D eigenvalue weighted by molar-refractivity contribution is -0.167. The fourth-order valence-corrected chi connectivity index (χ4v) is 5.75. The van der Waals surface area contributed by atoms with Crippen molar-refractivity contribution in [3.05, 3.63) is 146 Å². The summed E-state index contributed by atoms with van der Waals surface area (Å²) in [6, 6.07) is 0. The van der Waals surface area contributed by atoms with E-state index in [1.165, 1.54) is 0 Å². The summed E-state index contributed by atoms with van der Waals surface area (Å²) in [5.41, 5.74) is 0. The molecule has 0 amide bonds. The number of allylic oxidation sites excluding steroid dienone is 24. The average molecular weight is 853 g/mol. The van der Waals surface area contributed by atoms with Crippen molar-refractivity contribution in [2.75, 3.05) is 13.2 Å². The molecule has 0 heterocycles. The molecule has 1 atom stereocenters. The lowest BCUT2D eigenvalue weighted by Crippen LogP contribution is -2.30. The zero-order valence-corrected chi connectivity index (χ0v) is 39.1. The quantitative estimate of drug-likeness (QED) is 0.0201. The molecule has 0 aliphatic heterocycles. The first-order valence-corrected chi connectivity index (χ1v) is 23.9. The highest BCUT2D eigenvalue weighted by Gasteiger charge is 2.19. The Morgan fingerprint density at radius 3 is 1.11 bits per heavy atom. The van der Waals surface area contributed by atoms with Crippen LogP contribution in [0.25, 0.3) is 0 Å². The summed E-state index contributed by atoms with van der Waals surface area (Å²) in [5, 5.41) is 0. The zero-order chi connectivity index (χ0) is 45.1. The van der Waals surface area contributed by atoms with E-state index in [0.717, 1.165) is 128 Å².